The molecule has 23 heavy (non-hydrogen) atoms. The van der Waals surface area contributed by atoms with Gasteiger partial charge in [0, 0.05) is 32.9 Å². The molecular formula is C19H28Cl2OS. The van der Waals surface area contributed by atoms with E-state index in [-0.39, 0.29) is 11.3 Å². The van der Waals surface area contributed by atoms with Crippen LogP contribution in [-0.2, 0) is 10.8 Å². The van der Waals surface area contributed by atoms with Gasteiger partial charge in [-0.3, -0.25) is 4.21 Å². The molecule has 0 bridgehead atoms. The molecule has 1 aromatic carbocycles. The lowest BCUT2D eigenvalue weighted by atomic mass is 9.65. The van der Waals surface area contributed by atoms with Crippen molar-refractivity contribution in [2.24, 2.45) is 11.3 Å². The third-order valence-electron chi connectivity index (χ3n) is 4.92. The molecule has 4 heteroatoms. The van der Waals surface area contributed by atoms with Crippen molar-refractivity contribution in [2.75, 3.05) is 12.0 Å². The second kappa shape index (κ2) is 8.69. The molecule has 0 saturated heterocycles. The predicted octanol–water partition coefficient (Wildman–Crippen LogP) is 6.47. The maximum Gasteiger partial charge on any atom is 0.0423 e. The zero-order valence-electron chi connectivity index (χ0n) is 14.8. The van der Waals surface area contributed by atoms with Crippen LogP contribution in [0.2, 0.25) is 10.0 Å². The Morgan fingerprint density at radius 2 is 1.83 bits per heavy atom. The zero-order chi connectivity index (χ0) is 17.8. The summed E-state index contributed by atoms with van der Waals surface area (Å²) in [5, 5.41) is 1.31. The van der Waals surface area contributed by atoms with Gasteiger partial charge < -0.3 is 0 Å². The number of allylic oxidation sites excluding steroid dienone is 1. The maximum absolute atomic E-state index is 11.6. The van der Waals surface area contributed by atoms with Crippen molar-refractivity contribution in [3.8, 4) is 0 Å². The molecule has 1 aromatic rings. The summed E-state index contributed by atoms with van der Waals surface area (Å²) in [5.41, 5.74) is 2.26. The van der Waals surface area contributed by atoms with E-state index in [1.54, 1.807) is 12.3 Å². The molecule has 0 N–H and O–H groups in total. The molecule has 1 rings (SSSR count). The Kier molecular flexibility index (Phi) is 7.83. The largest absolute Gasteiger partial charge is 0.260 e. The predicted molar refractivity (Wildman–Crippen MR) is 105 cm³/mol. The fourth-order valence-corrected chi connectivity index (χ4v) is 4.74. The van der Waals surface area contributed by atoms with Crippen molar-refractivity contribution in [2.45, 2.75) is 46.5 Å². The molecule has 0 fully saturated rings. The molecule has 0 amide bonds. The molecule has 130 valence electrons. The van der Waals surface area contributed by atoms with E-state index in [4.69, 9.17) is 23.2 Å². The van der Waals surface area contributed by atoms with Crippen molar-refractivity contribution in [1.82, 2.24) is 0 Å². The number of benzene rings is 1. The molecule has 4 unspecified atom stereocenters. The average Bonchev–Trinajstić information content (AvgIpc) is 2.41. The molecule has 0 radical (unpaired) electrons. The Hall–Kier alpha value is -0.310. The maximum atomic E-state index is 11.6. The van der Waals surface area contributed by atoms with Gasteiger partial charge in [0.05, 0.1) is 0 Å². The summed E-state index contributed by atoms with van der Waals surface area (Å²) >= 11 is 12.5. The van der Waals surface area contributed by atoms with E-state index >= 15 is 0 Å². The van der Waals surface area contributed by atoms with E-state index in [1.165, 1.54) is 0 Å². The first-order chi connectivity index (χ1) is 10.6. The van der Waals surface area contributed by atoms with E-state index in [0.29, 0.717) is 21.7 Å². The summed E-state index contributed by atoms with van der Waals surface area (Å²) in [6.45, 7) is 12.9. The minimum absolute atomic E-state index is 0.0441. The fraction of sp³-hybridized carbons (Fsp3) is 0.579. The van der Waals surface area contributed by atoms with Crippen LogP contribution in [0.1, 0.15) is 52.0 Å². The van der Waals surface area contributed by atoms with Crippen molar-refractivity contribution >= 4 is 34.0 Å². The highest BCUT2D eigenvalue weighted by Gasteiger charge is 2.35. The van der Waals surface area contributed by atoms with Crippen LogP contribution in [0.25, 0.3) is 0 Å². The first-order valence-corrected chi connectivity index (χ1v) is 10.5. The Morgan fingerprint density at radius 3 is 2.22 bits per heavy atom. The number of hydrogen-bond donors (Lipinski definition) is 0. The normalized spacial score (nSPS) is 18.0. The van der Waals surface area contributed by atoms with Gasteiger partial charge in [-0.1, -0.05) is 56.1 Å². The Balaban J connectivity index is 3.30. The lowest BCUT2D eigenvalue weighted by molar-refractivity contribution is 0.266. The summed E-state index contributed by atoms with van der Waals surface area (Å²) in [7, 11) is -0.791. The molecule has 0 aromatic heterocycles. The fourth-order valence-electron chi connectivity index (χ4n) is 3.26. The minimum atomic E-state index is -0.791. The van der Waals surface area contributed by atoms with Gasteiger partial charge in [0.25, 0.3) is 0 Å². The number of rotatable bonds is 8. The van der Waals surface area contributed by atoms with E-state index in [9.17, 15) is 4.21 Å². The lowest BCUT2D eigenvalue weighted by Crippen LogP contribution is -2.28. The van der Waals surface area contributed by atoms with E-state index < -0.39 is 10.8 Å². The van der Waals surface area contributed by atoms with Gasteiger partial charge in [0.2, 0.25) is 0 Å². The SMILES string of the molecule is C=C(C)C(C)(CC)C(CC(C)CS(C)=O)c1cc(Cl)cc(Cl)c1. The monoisotopic (exact) mass is 374 g/mol. The molecule has 0 heterocycles. The van der Waals surface area contributed by atoms with Crippen molar-refractivity contribution < 1.29 is 4.21 Å². The highest BCUT2D eigenvalue weighted by Crippen LogP contribution is 2.48. The third-order valence-corrected chi connectivity index (χ3v) is 6.40. The number of halogens is 2. The molecule has 0 aliphatic heterocycles. The average molecular weight is 375 g/mol. The van der Waals surface area contributed by atoms with Crippen LogP contribution in [0.15, 0.2) is 30.4 Å². The van der Waals surface area contributed by atoms with Gasteiger partial charge in [0.1, 0.15) is 0 Å². The standard InChI is InChI=1S/C19H28Cl2OS/c1-7-19(5,13(2)3)18(8-14(4)12-23(6)22)15-9-16(20)11-17(21)10-15/h9-11,14,18H,2,7-8,12H2,1,3-6H3. The van der Waals surface area contributed by atoms with Crippen molar-refractivity contribution in [3.63, 3.8) is 0 Å². The first kappa shape index (κ1) is 20.7. The van der Waals surface area contributed by atoms with E-state index in [2.05, 4.69) is 34.3 Å². The summed E-state index contributed by atoms with van der Waals surface area (Å²) in [6.07, 6.45) is 3.69. The molecule has 0 aliphatic carbocycles. The molecule has 0 saturated carbocycles. The highest BCUT2D eigenvalue weighted by atomic mass is 35.5. The van der Waals surface area contributed by atoms with Crippen LogP contribution in [0.4, 0.5) is 0 Å². The van der Waals surface area contributed by atoms with Gasteiger partial charge >= 0.3 is 0 Å². The highest BCUT2D eigenvalue weighted by molar-refractivity contribution is 7.84. The second-order valence-electron chi connectivity index (χ2n) is 6.89. The van der Waals surface area contributed by atoms with E-state index in [1.807, 2.05) is 12.1 Å². The topological polar surface area (TPSA) is 17.1 Å². The second-order valence-corrected chi connectivity index (χ2v) is 9.24. The summed E-state index contributed by atoms with van der Waals surface area (Å²) in [5.74, 6) is 1.31. The van der Waals surface area contributed by atoms with Crippen LogP contribution in [0.3, 0.4) is 0 Å². The van der Waals surface area contributed by atoms with Crippen LogP contribution in [0.5, 0.6) is 0 Å². The summed E-state index contributed by atoms with van der Waals surface area (Å²) in [4.78, 5) is 0. The molecular weight excluding hydrogens is 347 g/mol. The molecule has 4 atom stereocenters. The minimum Gasteiger partial charge on any atom is -0.260 e. The van der Waals surface area contributed by atoms with Gasteiger partial charge in [0.15, 0.2) is 0 Å². The smallest absolute Gasteiger partial charge is 0.0423 e. The molecule has 0 aliphatic rings. The quantitative estimate of drug-likeness (QED) is 0.476. The van der Waals surface area contributed by atoms with Gasteiger partial charge in [-0.25, -0.2) is 0 Å². The molecule has 1 nitrogen and oxygen atoms in total. The Morgan fingerprint density at radius 1 is 1.30 bits per heavy atom. The first-order valence-electron chi connectivity index (χ1n) is 8.02. The van der Waals surface area contributed by atoms with Crippen LogP contribution in [0, 0.1) is 11.3 Å². The van der Waals surface area contributed by atoms with Crippen LogP contribution < -0.4 is 0 Å². The van der Waals surface area contributed by atoms with Crippen molar-refractivity contribution in [3.05, 3.63) is 46.0 Å². The van der Waals surface area contributed by atoms with Gasteiger partial charge in [-0.2, -0.15) is 0 Å². The van der Waals surface area contributed by atoms with Crippen LogP contribution >= 0.6 is 23.2 Å². The van der Waals surface area contributed by atoms with Crippen molar-refractivity contribution in [1.29, 1.82) is 0 Å². The summed E-state index contributed by atoms with van der Waals surface area (Å²) in [6, 6.07) is 5.77. The van der Waals surface area contributed by atoms with Gasteiger partial charge in [-0.05, 0) is 60.8 Å². The van der Waals surface area contributed by atoms with Crippen LogP contribution in [-0.4, -0.2) is 16.2 Å². The Labute approximate surface area is 153 Å². The zero-order valence-corrected chi connectivity index (χ0v) is 17.1. The molecule has 0 spiro atoms. The van der Waals surface area contributed by atoms with Gasteiger partial charge in [-0.15, -0.1) is 0 Å². The Bertz CT molecular complexity index is 564. The summed E-state index contributed by atoms with van der Waals surface area (Å²) < 4.78 is 11.6. The van der Waals surface area contributed by atoms with E-state index in [0.717, 1.165) is 24.0 Å². The lowest BCUT2D eigenvalue weighted by Gasteiger charge is -2.40. The third kappa shape index (κ3) is 5.62. The number of hydrogen-bond acceptors (Lipinski definition) is 1.